The third kappa shape index (κ3) is 3.47. The lowest BCUT2D eigenvalue weighted by molar-refractivity contribution is -0.138. The van der Waals surface area contributed by atoms with Crippen LogP contribution in [0.1, 0.15) is 19.2 Å². The van der Waals surface area contributed by atoms with Gasteiger partial charge in [-0.2, -0.15) is 4.37 Å². The van der Waals surface area contributed by atoms with Crippen LogP contribution in [-0.2, 0) is 9.53 Å². The molecule has 0 atom stereocenters. The summed E-state index contributed by atoms with van der Waals surface area (Å²) in [6.45, 7) is 4.91. The molecule has 0 spiro atoms. The molecule has 0 saturated carbocycles. The van der Waals surface area contributed by atoms with E-state index in [-0.39, 0.29) is 12.5 Å². The third-order valence-electron chi connectivity index (χ3n) is 1.83. The lowest BCUT2D eigenvalue weighted by atomic mass is 10.4. The minimum Gasteiger partial charge on any atom is -0.468 e. The zero-order valence-corrected chi connectivity index (χ0v) is 10.0. The molecule has 0 bridgehead atoms. The Morgan fingerprint density at radius 3 is 2.80 bits per heavy atom. The van der Waals surface area contributed by atoms with E-state index in [1.165, 1.54) is 18.6 Å². The number of ether oxygens (including phenoxy) is 1. The van der Waals surface area contributed by atoms with Gasteiger partial charge in [0.1, 0.15) is 12.4 Å². The Labute approximate surface area is 93.2 Å². The van der Waals surface area contributed by atoms with Gasteiger partial charge in [0.25, 0.3) is 0 Å². The molecule has 15 heavy (non-hydrogen) atoms. The van der Waals surface area contributed by atoms with Crippen LogP contribution in [-0.4, -0.2) is 35.5 Å². The second-order valence-electron chi connectivity index (χ2n) is 3.12. The maximum atomic E-state index is 11.2. The third-order valence-corrected chi connectivity index (χ3v) is 2.70. The molecule has 0 aliphatic heterocycles. The van der Waals surface area contributed by atoms with Gasteiger partial charge in [-0.1, -0.05) is 6.92 Å². The van der Waals surface area contributed by atoms with Crippen molar-refractivity contribution >= 4 is 22.6 Å². The lowest BCUT2D eigenvalue weighted by Crippen LogP contribution is -2.31. The maximum Gasteiger partial charge on any atom is 0.325 e. The first-order valence-corrected chi connectivity index (χ1v) is 5.56. The van der Waals surface area contributed by atoms with Crippen molar-refractivity contribution in [3.05, 3.63) is 5.82 Å². The molecule has 0 saturated heterocycles. The summed E-state index contributed by atoms with van der Waals surface area (Å²) < 4.78 is 8.72. The van der Waals surface area contributed by atoms with Crippen molar-refractivity contribution in [1.29, 1.82) is 0 Å². The number of esters is 1. The molecule has 84 valence electrons. The largest absolute Gasteiger partial charge is 0.468 e. The molecule has 0 aromatic carbocycles. The molecular weight excluding hydrogens is 214 g/mol. The monoisotopic (exact) mass is 229 g/mol. The van der Waals surface area contributed by atoms with E-state index in [0.29, 0.717) is 0 Å². The van der Waals surface area contributed by atoms with Gasteiger partial charge in [-0.3, -0.25) is 4.79 Å². The molecule has 1 rings (SSSR count). The standard InChI is InChI=1S/C9H15N3O2S/c1-4-5-12(6-8(13)14-3)9-10-7(2)11-15-9/h4-6H2,1-3H3. The van der Waals surface area contributed by atoms with Gasteiger partial charge in [-0.25, -0.2) is 4.98 Å². The van der Waals surface area contributed by atoms with Crippen LogP contribution in [0.3, 0.4) is 0 Å². The fourth-order valence-corrected chi connectivity index (χ4v) is 1.85. The first kappa shape index (κ1) is 11.9. The van der Waals surface area contributed by atoms with E-state index in [4.69, 9.17) is 0 Å². The highest BCUT2D eigenvalue weighted by molar-refractivity contribution is 7.09. The van der Waals surface area contributed by atoms with E-state index >= 15 is 0 Å². The number of carbonyl (C=O) groups is 1. The molecule has 1 heterocycles. The van der Waals surface area contributed by atoms with E-state index in [9.17, 15) is 4.79 Å². The van der Waals surface area contributed by atoms with Gasteiger partial charge >= 0.3 is 5.97 Å². The van der Waals surface area contributed by atoms with Crippen LogP contribution in [0.15, 0.2) is 0 Å². The minimum absolute atomic E-state index is 0.235. The molecule has 1 aromatic heterocycles. The Morgan fingerprint density at radius 1 is 1.60 bits per heavy atom. The Balaban J connectivity index is 2.69. The maximum absolute atomic E-state index is 11.2. The zero-order valence-electron chi connectivity index (χ0n) is 9.19. The summed E-state index contributed by atoms with van der Waals surface area (Å²) in [5, 5.41) is 0.778. The van der Waals surface area contributed by atoms with Gasteiger partial charge in [0.15, 0.2) is 0 Å². The molecule has 0 fully saturated rings. The number of hydrogen-bond donors (Lipinski definition) is 0. The number of hydrogen-bond acceptors (Lipinski definition) is 6. The van der Waals surface area contributed by atoms with Crippen LogP contribution in [0, 0.1) is 6.92 Å². The molecule has 0 aliphatic carbocycles. The summed E-state index contributed by atoms with van der Waals surface area (Å²) in [7, 11) is 1.39. The fourth-order valence-electron chi connectivity index (χ4n) is 1.15. The van der Waals surface area contributed by atoms with E-state index in [0.717, 1.165) is 23.9 Å². The second-order valence-corrected chi connectivity index (χ2v) is 3.85. The van der Waals surface area contributed by atoms with Gasteiger partial charge in [0.2, 0.25) is 5.13 Å². The predicted molar refractivity (Wildman–Crippen MR) is 59.2 cm³/mol. The number of methoxy groups -OCH3 is 1. The number of carbonyl (C=O) groups excluding carboxylic acids is 1. The number of anilines is 1. The number of rotatable bonds is 5. The fraction of sp³-hybridized carbons (Fsp3) is 0.667. The molecule has 0 unspecified atom stereocenters. The summed E-state index contributed by atoms with van der Waals surface area (Å²) in [6, 6.07) is 0. The van der Waals surface area contributed by atoms with Crippen LogP contribution in [0.4, 0.5) is 5.13 Å². The molecular formula is C9H15N3O2S. The first-order valence-electron chi connectivity index (χ1n) is 4.79. The van der Waals surface area contributed by atoms with Crippen molar-refractivity contribution in [3.8, 4) is 0 Å². The molecule has 0 aliphatic rings. The zero-order chi connectivity index (χ0) is 11.3. The van der Waals surface area contributed by atoms with Gasteiger partial charge in [0.05, 0.1) is 7.11 Å². The van der Waals surface area contributed by atoms with Crippen molar-refractivity contribution in [2.24, 2.45) is 0 Å². The highest BCUT2D eigenvalue weighted by Crippen LogP contribution is 2.16. The Hall–Kier alpha value is -1.17. The normalized spacial score (nSPS) is 10.1. The van der Waals surface area contributed by atoms with Gasteiger partial charge in [-0.05, 0) is 13.3 Å². The van der Waals surface area contributed by atoms with Crippen LogP contribution < -0.4 is 4.90 Å². The Morgan fingerprint density at radius 2 is 2.33 bits per heavy atom. The van der Waals surface area contributed by atoms with Crippen molar-refractivity contribution in [2.75, 3.05) is 25.1 Å². The Bertz CT molecular complexity index is 327. The van der Waals surface area contributed by atoms with Crippen LogP contribution in [0.2, 0.25) is 0 Å². The molecule has 0 N–H and O–H groups in total. The summed E-state index contributed by atoms with van der Waals surface area (Å²) in [5.74, 6) is 0.484. The summed E-state index contributed by atoms with van der Waals surface area (Å²) in [5.41, 5.74) is 0. The number of aryl methyl sites for hydroxylation is 1. The first-order chi connectivity index (χ1) is 7.17. The van der Waals surface area contributed by atoms with Crippen molar-refractivity contribution in [3.63, 3.8) is 0 Å². The van der Waals surface area contributed by atoms with Crippen LogP contribution in [0.25, 0.3) is 0 Å². The summed E-state index contributed by atoms with van der Waals surface area (Å²) >= 11 is 1.31. The van der Waals surface area contributed by atoms with E-state index in [2.05, 4.69) is 21.0 Å². The van der Waals surface area contributed by atoms with E-state index in [1.807, 2.05) is 11.8 Å². The second kappa shape index (κ2) is 5.65. The van der Waals surface area contributed by atoms with Crippen molar-refractivity contribution in [1.82, 2.24) is 9.36 Å². The van der Waals surface area contributed by atoms with Crippen LogP contribution >= 0.6 is 11.5 Å². The summed E-state index contributed by atoms with van der Waals surface area (Å²) in [6.07, 6.45) is 0.954. The molecule has 0 radical (unpaired) electrons. The minimum atomic E-state index is -0.253. The van der Waals surface area contributed by atoms with Crippen molar-refractivity contribution < 1.29 is 9.53 Å². The highest BCUT2D eigenvalue weighted by atomic mass is 32.1. The topological polar surface area (TPSA) is 55.3 Å². The molecule has 6 heteroatoms. The highest BCUT2D eigenvalue weighted by Gasteiger charge is 2.14. The van der Waals surface area contributed by atoms with Crippen LogP contribution in [0.5, 0.6) is 0 Å². The molecule has 5 nitrogen and oxygen atoms in total. The van der Waals surface area contributed by atoms with Crippen molar-refractivity contribution in [2.45, 2.75) is 20.3 Å². The lowest BCUT2D eigenvalue weighted by Gasteiger charge is -2.18. The SMILES string of the molecule is CCCN(CC(=O)OC)c1nc(C)ns1. The van der Waals surface area contributed by atoms with Gasteiger partial charge < -0.3 is 9.64 Å². The number of nitrogens with zero attached hydrogens (tertiary/aromatic N) is 3. The molecule has 1 aromatic rings. The molecule has 0 amide bonds. The Kier molecular flexibility index (Phi) is 4.48. The number of aromatic nitrogens is 2. The van der Waals surface area contributed by atoms with Gasteiger partial charge in [0, 0.05) is 18.1 Å². The summed E-state index contributed by atoms with van der Waals surface area (Å²) in [4.78, 5) is 17.3. The smallest absolute Gasteiger partial charge is 0.325 e. The predicted octanol–water partition coefficient (Wildman–Crippen LogP) is 1.24. The van der Waals surface area contributed by atoms with E-state index < -0.39 is 0 Å². The average Bonchev–Trinajstić information content (AvgIpc) is 2.64. The quantitative estimate of drug-likeness (QED) is 0.711. The van der Waals surface area contributed by atoms with E-state index in [1.54, 1.807) is 0 Å². The average molecular weight is 229 g/mol. The van der Waals surface area contributed by atoms with Gasteiger partial charge in [-0.15, -0.1) is 0 Å².